The second-order valence-corrected chi connectivity index (χ2v) is 7.36. The van der Waals surface area contributed by atoms with Crippen molar-refractivity contribution in [2.45, 2.75) is 46.1 Å². The molecule has 0 heterocycles. The Morgan fingerprint density at radius 3 is 2.24 bits per heavy atom. The molecule has 4 heteroatoms. The Morgan fingerprint density at radius 2 is 1.60 bits per heavy atom. The predicted octanol–water partition coefficient (Wildman–Crippen LogP) is 4.82. The van der Waals surface area contributed by atoms with Crippen LogP contribution in [0, 0.1) is 0 Å². The maximum absolute atomic E-state index is 12.4. The van der Waals surface area contributed by atoms with Crippen molar-refractivity contribution in [2.75, 3.05) is 17.2 Å². The van der Waals surface area contributed by atoms with Crippen molar-refractivity contribution in [3.63, 3.8) is 0 Å². The Hall–Kier alpha value is -2.49. The molecule has 4 nitrogen and oxygen atoms in total. The van der Waals surface area contributed by atoms with Crippen molar-refractivity contribution < 1.29 is 9.53 Å². The Morgan fingerprint density at radius 1 is 1.00 bits per heavy atom. The topological polar surface area (TPSA) is 50.4 Å². The number of rotatable bonds is 6. The third-order valence-electron chi connectivity index (χ3n) is 3.70. The first-order chi connectivity index (χ1) is 11.8. The van der Waals surface area contributed by atoms with Gasteiger partial charge in [0.25, 0.3) is 0 Å². The summed E-state index contributed by atoms with van der Waals surface area (Å²) in [6.45, 7) is 10.6. The molecule has 0 radical (unpaired) electrons. The molecule has 0 bridgehead atoms. The van der Waals surface area contributed by atoms with Gasteiger partial charge in [-0.3, -0.25) is 4.79 Å². The number of carbonyl (C=O) groups excluding carboxylic acids is 1. The van der Waals surface area contributed by atoms with Crippen LogP contribution in [0.4, 0.5) is 11.4 Å². The zero-order valence-corrected chi connectivity index (χ0v) is 15.7. The molecule has 0 atom stereocenters. The summed E-state index contributed by atoms with van der Waals surface area (Å²) in [4.78, 5) is 12.4. The molecule has 2 rings (SSSR count). The molecule has 0 fully saturated rings. The van der Waals surface area contributed by atoms with Gasteiger partial charge in [0.05, 0.1) is 18.3 Å². The number of carbonyl (C=O) groups is 1. The van der Waals surface area contributed by atoms with Crippen molar-refractivity contribution in [3.8, 4) is 5.75 Å². The summed E-state index contributed by atoms with van der Waals surface area (Å²) >= 11 is 0. The SMILES string of the molecule is CC(C)Oc1ccccc1NC(=O)CNc1ccccc1C(C)(C)C. The first kappa shape index (κ1) is 18.8. The highest BCUT2D eigenvalue weighted by Crippen LogP contribution is 2.29. The maximum atomic E-state index is 12.4. The lowest BCUT2D eigenvalue weighted by atomic mass is 9.86. The average Bonchev–Trinajstić information content (AvgIpc) is 2.54. The van der Waals surface area contributed by atoms with Crippen LogP contribution in [0.25, 0.3) is 0 Å². The molecule has 0 spiro atoms. The fourth-order valence-corrected chi connectivity index (χ4v) is 2.59. The van der Waals surface area contributed by atoms with Gasteiger partial charge in [-0.25, -0.2) is 0 Å². The standard InChI is InChI=1S/C21H28N2O2/c1-15(2)25-19-13-9-8-12-18(19)23-20(24)14-22-17-11-7-6-10-16(17)21(3,4)5/h6-13,15,22H,14H2,1-5H3,(H,23,24). The molecule has 0 aliphatic rings. The molecular weight excluding hydrogens is 312 g/mol. The minimum atomic E-state index is -0.108. The van der Waals surface area contributed by atoms with Crippen molar-refractivity contribution in [1.82, 2.24) is 0 Å². The average molecular weight is 340 g/mol. The largest absolute Gasteiger partial charge is 0.489 e. The second-order valence-electron chi connectivity index (χ2n) is 7.36. The molecule has 134 valence electrons. The minimum Gasteiger partial charge on any atom is -0.489 e. The first-order valence-corrected chi connectivity index (χ1v) is 8.66. The van der Waals surface area contributed by atoms with Gasteiger partial charge in [0.1, 0.15) is 5.75 Å². The Kier molecular flexibility index (Phi) is 6.07. The summed E-state index contributed by atoms with van der Waals surface area (Å²) in [5, 5.41) is 6.17. The lowest BCUT2D eigenvalue weighted by molar-refractivity contribution is -0.114. The van der Waals surface area contributed by atoms with E-state index >= 15 is 0 Å². The summed E-state index contributed by atoms with van der Waals surface area (Å²) in [5.41, 5.74) is 2.87. The van der Waals surface area contributed by atoms with Crippen LogP contribution >= 0.6 is 0 Å². The van der Waals surface area contributed by atoms with Crippen LogP contribution in [-0.2, 0) is 10.2 Å². The van der Waals surface area contributed by atoms with Crippen LogP contribution in [0.1, 0.15) is 40.2 Å². The smallest absolute Gasteiger partial charge is 0.243 e. The Balaban J connectivity index is 2.03. The minimum absolute atomic E-state index is 0.0117. The first-order valence-electron chi connectivity index (χ1n) is 8.66. The van der Waals surface area contributed by atoms with Crippen LogP contribution in [0.15, 0.2) is 48.5 Å². The second kappa shape index (κ2) is 8.06. The highest BCUT2D eigenvalue weighted by Gasteiger charge is 2.17. The molecule has 0 saturated carbocycles. The van der Waals surface area contributed by atoms with E-state index in [1.807, 2.05) is 56.3 Å². The molecule has 0 saturated heterocycles. The van der Waals surface area contributed by atoms with E-state index in [1.54, 1.807) is 0 Å². The van der Waals surface area contributed by atoms with E-state index in [1.165, 1.54) is 5.56 Å². The van der Waals surface area contributed by atoms with Gasteiger partial charge in [-0.1, -0.05) is 51.1 Å². The van der Waals surface area contributed by atoms with Gasteiger partial charge < -0.3 is 15.4 Å². The molecular formula is C21H28N2O2. The zero-order valence-electron chi connectivity index (χ0n) is 15.7. The zero-order chi connectivity index (χ0) is 18.4. The van der Waals surface area contributed by atoms with Crippen LogP contribution in [-0.4, -0.2) is 18.6 Å². The molecule has 1 amide bonds. The van der Waals surface area contributed by atoms with Gasteiger partial charge in [0, 0.05) is 5.69 Å². The number of hydrogen-bond acceptors (Lipinski definition) is 3. The molecule has 0 unspecified atom stereocenters. The van der Waals surface area contributed by atoms with Crippen molar-refractivity contribution in [2.24, 2.45) is 0 Å². The summed E-state index contributed by atoms with van der Waals surface area (Å²) in [6, 6.07) is 15.6. The quantitative estimate of drug-likeness (QED) is 0.792. The number of anilines is 2. The Labute approximate surface area is 150 Å². The molecule has 0 aliphatic heterocycles. The van der Waals surface area contributed by atoms with E-state index in [0.29, 0.717) is 11.4 Å². The number of ether oxygens (including phenoxy) is 1. The molecule has 2 aromatic carbocycles. The van der Waals surface area contributed by atoms with Gasteiger partial charge in [-0.15, -0.1) is 0 Å². The summed E-state index contributed by atoms with van der Waals surface area (Å²) in [6.07, 6.45) is 0.0508. The van der Waals surface area contributed by atoms with E-state index < -0.39 is 0 Å². The van der Waals surface area contributed by atoms with Gasteiger partial charge in [-0.05, 0) is 43.0 Å². The van der Waals surface area contributed by atoms with Crippen molar-refractivity contribution >= 4 is 17.3 Å². The van der Waals surface area contributed by atoms with E-state index in [-0.39, 0.29) is 24.0 Å². The van der Waals surface area contributed by atoms with Gasteiger partial charge in [0.2, 0.25) is 5.91 Å². The lowest BCUT2D eigenvalue weighted by Gasteiger charge is -2.23. The van der Waals surface area contributed by atoms with Gasteiger partial charge >= 0.3 is 0 Å². The number of benzene rings is 2. The van der Waals surface area contributed by atoms with E-state index in [9.17, 15) is 4.79 Å². The van der Waals surface area contributed by atoms with Crippen LogP contribution in [0.3, 0.4) is 0 Å². The monoisotopic (exact) mass is 340 g/mol. The predicted molar refractivity (Wildman–Crippen MR) is 104 cm³/mol. The van der Waals surface area contributed by atoms with E-state index in [4.69, 9.17) is 4.74 Å². The summed E-state index contributed by atoms with van der Waals surface area (Å²) in [5.74, 6) is 0.574. The van der Waals surface area contributed by atoms with Gasteiger partial charge in [0.15, 0.2) is 0 Å². The van der Waals surface area contributed by atoms with Crippen LogP contribution < -0.4 is 15.4 Å². The number of amides is 1. The summed E-state index contributed by atoms with van der Waals surface area (Å²) < 4.78 is 5.74. The maximum Gasteiger partial charge on any atom is 0.243 e. The van der Waals surface area contributed by atoms with Crippen LogP contribution in [0.5, 0.6) is 5.75 Å². The Bertz CT molecular complexity index is 718. The highest BCUT2D eigenvalue weighted by atomic mass is 16.5. The normalized spacial score (nSPS) is 11.3. The van der Waals surface area contributed by atoms with Gasteiger partial charge in [-0.2, -0.15) is 0 Å². The van der Waals surface area contributed by atoms with Crippen LogP contribution in [0.2, 0.25) is 0 Å². The lowest BCUT2D eigenvalue weighted by Crippen LogP contribution is -2.24. The molecule has 0 aromatic heterocycles. The number of nitrogens with one attached hydrogen (secondary N) is 2. The molecule has 25 heavy (non-hydrogen) atoms. The molecule has 2 aromatic rings. The van der Waals surface area contributed by atoms with Crippen molar-refractivity contribution in [1.29, 1.82) is 0 Å². The fraction of sp³-hybridized carbons (Fsp3) is 0.381. The highest BCUT2D eigenvalue weighted by molar-refractivity contribution is 5.95. The van der Waals surface area contributed by atoms with E-state index in [0.717, 1.165) is 5.69 Å². The third-order valence-corrected chi connectivity index (χ3v) is 3.70. The van der Waals surface area contributed by atoms with Crippen molar-refractivity contribution in [3.05, 3.63) is 54.1 Å². The van der Waals surface area contributed by atoms with E-state index in [2.05, 4.69) is 37.5 Å². The fourth-order valence-electron chi connectivity index (χ4n) is 2.59. The number of hydrogen-bond donors (Lipinski definition) is 2. The molecule has 0 aliphatic carbocycles. The summed E-state index contributed by atoms with van der Waals surface area (Å²) in [7, 11) is 0. The molecule has 2 N–H and O–H groups in total. The third kappa shape index (κ3) is 5.52. The number of para-hydroxylation sites is 3.